The Morgan fingerprint density at radius 1 is 0.906 bits per heavy atom. The number of hydrogen-bond donors (Lipinski definition) is 2. The van der Waals surface area contributed by atoms with Crippen LogP contribution in [0.5, 0.6) is 0 Å². The molecule has 0 radical (unpaired) electrons. The zero-order valence-corrected chi connectivity index (χ0v) is 20.0. The van der Waals surface area contributed by atoms with Gasteiger partial charge in [0.15, 0.2) is 0 Å². The molecule has 0 aliphatic carbocycles. The maximum Gasteiger partial charge on any atom is 0.237 e. The summed E-state index contributed by atoms with van der Waals surface area (Å²) in [6.07, 6.45) is 0.957. The van der Waals surface area contributed by atoms with Crippen molar-refractivity contribution in [2.45, 2.75) is 43.8 Å². The Labute approximate surface area is 198 Å². The van der Waals surface area contributed by atoms with Crippen LogP contribution in [0.1, 0.15) is 30.0 Å². The largest absolute Gasteiger partial charge is 0.326 e. The highest BCUT2D eigenvalue weighted by Gasteiger charge is 2.18. The molecule has 0 saturated carbocycles. The quantitative estimate of drug-likeness (QED) is 0.365. The predicted molar refractivity (Wildman–Crippen MR) is 135 cm³/mol. The number of carbonyl (C=O) groups is 2. The van der Waals surface area contributed by atoms with E-state index in [0.29, 0.717) is 17.1 Å². The number of hydrogen-bond acceptors (Lipinski definition) is 3. The van der Waals surface area contributed by atoms with Crippen molar-refractivity contribution in [2.24, 2.45) is 0 Å². The van der Waals surface area contributed by atoms with Crippen molar-refractivity contribution in [1.29, 1.82) is 0 Å². The molecule has 3 rings (SSSR count). The second-order valence-electron chi connectivity index (χ2n) is 7.68. The molecule has 1 unspecified atom stereocenters. The molecule has 0 aromatic heterocycles. The molecule has 4 nitrogen and oxygen atoms in total. The van der Waals surface area contributed by atoms with E-state index in [0.717, 1.165) is 21.7 Å². The molecule has 2 amide bonds. The van der Waals surface area contributed by atoms with Gasteiger partial charge in [0.25, 0.3) is 0 Å². The van der Waals surface area contributed by atoms with Crippen molar-refractivity contribution in [1.82, 2.24) is 0 Å². The van der Waals surface area contributed by atoms with Gasteiger partial charge in [0.05, 0.1) is 11.7 Å². The summed E-state index contributed by atoms with van der Waals surface area (Å²) in [5.41, 5.74) is 4.75. The summed E-state index contributed by atoms with van der Waals surface area (Å²) < 4.78 is 0. The number of benzene rings is 3. The smallest absolute Gasteiger partial charge is 0.237 e. The van der Waals surface area contributed by atoms with Crippen LogP contribution in [0.2, 0.25) is 5.02 Å². The van der Waals surface area contributed by atoms with E-state index in [-0.39, 0.29) is 23.5 Å². The van der Waals surface area contributed by atoms with Crippen LogP contribution < -0.4 is 10.6 Å². The Morgan fingerprint density at radius 2 is 1.62 bits per heavy atom. The van der Waals surface area contributed by atoms with Crippen LogP contribution in [-0.4, -0.2) is 17.1 Å². The molecule has 2 N–H and O–H groups in total. The zero-order chi connectivity index (χ0) is 23.1. The molecule has 32 heavy (non-hydrogen) atoms. The molecule has 0 spiro atoms. The normalized spacial score (nSPS) is 11.6. The summed E-state index contributed by atoms with van der Waals surface area (Å²) in [6, 6.07) is 20.7. The number of anilines is 2. The van der Waals surface area contributed by atoms with E-state index < -0.39 is 0 Å². The second-order valence-corrected chi connectivity index (χ2v) is 9.39. The van der Waals surface area contributed by atoms with Gasteiger partial charge in [0.2, 0.25) is 11.8 Å². The first kappa shape index (κ1) is 23.9. The fraction of sp³-hybridized carbons (Fsp3) is 0.231. The van der Waals surface area contributed by atoms with Gasteiger partial charge in [-0.3, -0.25) is 9.59 Å². The number of amides is 2. The SMILES string of the molecule is CCC(Sc1cccc(NC(=O)Cc2ccc(Cl)cc2)c1)C(=O)Nc1ccc(C)c(C)c1. The average molecular weight is 467 g/mol. The van der Waals surface area contributed by atoms with Crippen molar-refractivity contribution in [3.8, 4) is 0 Å². The molecule has 3 aromatic carbocycles. The summed E-state index contributed by atoms with van der Waals surface area (Å²) >= 11 is 7.39. The molecule has 0 aliphatic rings. The number of halogens is 1. The molecule has 0 heterocycles. The van der Waals surface area contributed by atoms with Gasteiger partial charge in [-0.1, -0.05) is 42.8 Å². The first-order chi connectivity index (χ1) is 15.3. The lowest BCUT2D eigenvalue weighted by Crippen LogP contribution is -2.24. The highest BCUT2D eigenvalue weighted by molar-refractivity contribution is 8.00. The first-order valence-corrected chi connectivity index (χ1v) is 11.8. The molecule has 1 atom stereocenters. The van der Waals surface area contributed by atoms with Crippen LogP contribution in [0.3, 0.4) is 0 Å². The van der Waals surface area contributed by atoms with Gasteiger partial charge in [-0.15, -0.1) is 11.8 Å². The monoisotopic (exact) mass is 466 g/mol. The van der Waals surface area contributed by atoms with Gasteiger partial charge < -0.3 is 10.6 Å². The van der Waals surface area contributed by atoms with Crippen molar-refractivity contribution in [3.05, 3.63) is 88.4 Å². The Balaban J connectivity index is 1.61. The van der Waals surface area contributed by atoms with E-state index in [4.69, 9.17) is 11.6 Å². The van der Waals surface area contributed by atoms with Gasteiger partial charge in [0, 0.05) is 21.3 Å². The minimum absolute atomic E-state index is 0.0297. The van der Waals surface area contributed by atoms with Crippen molar-refractivity contribution in [2.75, 3.05) is 10.6 Å². The Morgan fingerprint density at radius 3 is 2.31 bits per heavy atom. The van der Waals surface area contributed by atoms with Gasteiger partial charge in [-0.25, -0.2) is 0 Å². The van der Waals surface area contributed by atoms with Gasteiger partial charge >= 0.3 is 0 Å². The maximum absolute atomic E-state index is 12.8. The maximum atomic E-state index is 12.8. The molecule has 0 bridgehead atoms. The van der Waals surface area contributed by atoms with Gasteiger partial charge in [-0.2, -0.15) is 0 Å². The van der Waals surface area contributed by atoms with E-state index in [1.165, 1.54) is 17.3 Å². The van der Waals surface area contributed by atoms with Crippen molar-refractivity contribution < 1.29 is 9.59 Å². The third-order valence-corrected chi connectivity index (χ3v) is 6.72. The molecule has 3 aromatic rings. The highest BCUT2D eigenvalue weighted by atomic mass is 35.5. The standard InChI is InChI=1S/C26H27ClN2O2S/c1-4-24(26(31)29-22-13-8-17(2)18(3)14-22)32-23-7-5-6-21(16-23)28-25(30)15-19-9-11-20(27)12-10-19/h5-14,16,24H,4,15H2,1-3H3,(H,28,30)(H,29,31). The molecule has 166 valence electrons. The average Bonchev–Trinajstić information content (AvgIpc) is 2.76. The Hall–Kier alpha value is -2.76. The number of nitrogens with one attached hydrogen (secondary N) is 2. The topological polar surface area (TPSA) is 58.2 Å². The summed E-state index contributed by atoms with van der Waals surface area (Å²) in [7, 11) is 0. The zero-order valence-electron chi connectivity index (χ0n) is 18.4. The summed E-state index contributed by atoms with van der Waals surface area (Å²) in [4.78, 5) is 26.2. The highest BCUT2D eigenvalue weighted by Crippen LogP contribution is 2.29. The molecule has 0 aliphatic heterocycles. The van der Waals surface area contributed by atoms with Crippen LogP contribution in [0, 0.1) is 13.8 Å². The van der Waals surface area contributed by atoms with E-state index in [2.05, 4.69) is 10.6 Å². The minimum atomic E-state index is -0.239. The molecule has 0 saturated heterocycles. The molecular weight excluding hydrogens is 440 g/mol. The van der Waals surface area contributed by atoms with E-state index >= 15 is 0 Å². The lowest BCUT2D eigenvalue weighted by atomic mass is 10.1. The molecule has 6 heteroatoms. The summed E-state index contributed by atoms with van der Waals surface area (Å²) in [5, 5.41) is 6.36. The minimum Gasteiger partial charge on any atom is -0.326 e. The third-order valence-electron chi connectivity index (χ3n) is 5.11. The number of carbonyl (C=O) groups excluding carboxylic acids is 2. The van der Waals surface area contributed by atoms with Crippen LogP contribution in [0.25, 0.3) is 0 Å². The van der Waals surface area contributed by atoms with Crippen molar-refractivity contribution >= 4 is 46.6 Å². The first-order valence-electron chi connectivity index (χ1n) is 10.5. The number of rotatable bonds is 8. The number of thioether (sulfide) groups is 1. The van der Waals surface area contributed by atoms with Gasteiger partial charge in [-0.05, 0) is 79.4 Å². The van der Waals surface area contributed by atoms with Crippen LogP contribution in [0.15, 0.2) is 71.6 Å². The van der Waals surface area contributed by atoms with Crippen LogP contribution >= 0.6 is 23.4 Å². The van der Waals surface area contributed by atoms with Gasteiger partial charge in [0.1, 0.15) is 0 Å². The summed E-state index contributed by atoms with van der Waals surface area (Å²) in [5.74, 6) is -0.132. The lowest BCUT2D eigenvalue weighted by molar-refractivity contribution is -0.116. The van der Waals surface area contributed by atoms with Crippen molar-refractivity contribution in [3.63, 3.8) is 0 Å². The predicted octanol–water partition coefficient (Wildman–Crippen LogP) is 6.65. The third kappa shape index (κ3) is 6.87. The van der Waals surface area contributed by atoms with E-state index in [1.54, 1.807) is 12.1 Å². The fourth-order valence-electron chi connectivity index (χ4n) is 3.17. The molecular formula is C26H27ClN2O2S. The second kappa shape index (κ2) is 11.2. The van der Waals surface area contributed by atoms with E-state index in [9.17, 15) is 9.59 Å². The molecule has 0 fully saturated rings. The Bertz CT molecular complexity index is 1100. The summed E-state index contributed by atoms with van der Waals surface area (Å²) in [6.45, 7) is 6.08. The van der Waals surface area contributed by atoms with E-state index in [1.807, 2.05) is 75.4 Å². The number of aryl methyl sites for hydroxylation is 2. The Kier molecular flexibility index (Phi) is 8.37. The fourth-order valence-corrected chi connectivity index (χ4v) is 4.31. The van der Waals surface area contributed by atoms with Crippen LogP contribution in [-0.2, 0) is 16.0 Å². The van der Waals surface area contributed by atoms with Crippen LogP contribution in [0.4, 0.5) is 11.4 Å². The lowest BCUT2D eigenvalue weighted by Gasteiger charge is -2.16.